The Hall–Kier alpha value is -2.54. The van der Waals surface area contributed by atoms with Crippen LogP contribution in [0.2, 0.25) is 0 Å². The lowest BCUT2D eigenvalue weighted by atomic mass is 10.2. The average molecular weight is 358 g/mol. The zero-order valence-corrected chi connectivity index (χ0v) is 14.8. The summed E-state index contributed by atoms with van der Waals surface area (Å²) in [6.45, 7) is 4.12. The quantitative estimate of drug-likeness (QED) is 0.604. The number of thioether (sulfide) groups is 1. The van der Waals surface area contributed by atoms with Gasteiger partial charge in [0.15, 0.2) is 0 Å². The van der Waals surface area contributed by atoms with Crippen LogP contribution < -0.4 is 0 Å². The third kappa shape index (κ3) is 3.93. The lowest BCUT2D eigenvalue weighted by Crippen LogP contribution is -2.25. The van der Waals surface area contributed by atoms with E-state index >= 15 is 0 Å². The fourth-order valence-electron chi connectivity index (χ4n) is 2.41. The van der Waals surface area contributed by atoms with Gasteiger partial charge in [-0.3, -0.25) is 9.69 Å². The minimum absolute atomic E-state index is 0.0655. The van der Waals surface area contributed by atoms with Crippen molar-refractivity contribution in [2.75, 3.05) is 12.4 Å². The van der Waals surface area contributed by atoms with Gasteiger partial charge in [0.1, 0.15) is 11.5 Å². The van der Waals surface area contributed by atoms with Crippen LogP contribution in [0.25, 0.3) is 11.5 Å². The summed E-state index contributed by atoms with van der Waals surface area (Å²) < 4.78 is 10.7. The fourth-order valence-corrected chi connectivity index (χ4v) is 3.34. The Morgan fingerprint density at radius 3 is 2.88 bits per heavy atom. The molecule has 130 valence electrons. The molecule has 0 spiro atoms. The molecule has 1 saturated heterocycles. The Morgan fingerprint density at radius 1 is 1.40 bits per heavy atom. The van der Waals surface area contributed by atoms with E-state index in [-0.39, 0.29) is 12.5 Å². The largest absolute Gasteiger partial charge is 0.463 e. The van der Waals surface area contributed by atoms with Crippen molar-refractivity contribution >= 4 is 23.6 Å². The van der Waals surface area contributed by atoms with Crippen LogP contribution >= 0.6 is 11.8 Å². The van der Waals surface area contributed by atoms with Crippen molar-refractivity contribution in [1.29, 1.82) is 0 Å². The summed E-state index contributed by atoms with van der Waals surface area (Å²) in [6.07, 6.45) is 1.35. The summed E-state index contributed by atoms with van der Waals surface area (Å²) in [5.41, 5.74) is 1.55. The highest BCUT2D eigenvalue weighted by molar-refractivity contribution is 8.04. The second-order valence-electron chi connectivity index (χ2n) is 5.39. The Balaban J connectivity index is 1.82. The molecule has 0 unspecified atom stereocenters. The molecule has 1 aromatic heterocycles. The summed E-state index contributed by atoms with van der Waals surface area (Å²) in [5.74, 6) is 0.950. The number of carbonyl (C=O) groups is 2. The number of amides is 1. The lowest BCUT2D eigenvalue weighted by molar-refractivity contribution is -0.137. The highest BCUT2D eigenvalue weighted by atomic mass is 32.2. The average Bonchev–Trinajstić information content (AvgIpc) is 3.14. The fraction of sp³-hybridized carbons (Fsp3) is 0.278. The standard InChI is InChI=1S/C18H18N2O4S/c1-3-23-17(22)9-16-20(15(21)11-25-16)10-14-12(2)24-18(19-14)13-7-5-4-6-8-13/h4-9H,3,10-11H2,1-2H3. The van der Waals surface area contributed by atoms with E-state index in [2.05, 4.69) is 4.98 Å². The molecule has 7 heteroatoms. The normalized spacial score (nSPS) is 15.8. The smallest absolute Gasteiger partial charge is 0.333 e. The summed E-state index contributed by atoms with van der Waals surface area (Å²) in [5, 5.41) is 0.576. The molecule has 0 N–H and O–H groups in total. The molecule has 0 radical (unpaired) electrons. The van der Waals surface area contributed by atoms with E-state index in [0.29, 0.717) is 34.7 Å². The predicted molar refractivity (Wildman–Crippen MR) is 94.4 cm³/mol. The van der Waals surface area contributed by atoms with E-state index in [1.54, 1.807) is 11.8 Å². The minimum Gasteiger partial charge on any atom is -0.463 e. The second kappa shape index (κ2) is 7.57. The topological polar surface area (TPSA) is 72.6 Å². The van der Waals surface area contributed by atoms with Gasteiger partial charge in [-0.05, 0) is 26.0 Å². The van der Waals surface area contributed by atoms with Crippen LogP contribution in [-0.2, 0) is 20.9 Å². The van der Waals surface area contributed by atoms with E-state index in [9.17, 15) is 9.59 Å². The van der Waals surface area contributed by atoms with Crippen LogP contribution in [0.1, 0.15) is 18.4 Å². The highest BCUT2D eigenvalue weighted by Crippen LogP contribution is 2.31. The molecule has 1 amide bonds. The number of carbonyl (C=O) groups excluding carboxylic acids is 2. The van der Waals surface area contributed by atoms with Gasteiger partial charge in [0.25, 0.3) is 0 Å². The van der Waals surface area contributed by atoms with Crippen LogP contribution in [-0.4, -0.2) is 34.1 Å². The van der Waals surface area contributed by atoms with Crippen LogP contribution in [0, 0.1) is 6.92 Å². The first kappa shape index (κ1) is 17.3. The number of benzene rings is 1. The Kier molecular flexibility index (Phi) is 5.23. The molecule has 1 aromatic carbocycles. The van der Waals surface area contributed by atoms with Gasteiger partial charge in [-0.1, -0.05) is 30.0 Å². The number of rotatable bonds is 5. The van der Waals surface area contributed by atoms with Gasteiger partial charge in [0, 0.05) is 5.56 Å². The highest BCUT2D eigenvalue weighted by Gasteiger charge is 2.29. The molecule has 0 aliphatic carbocycles. The van der Waals surface area contributed by atoms with E-state index in [4.69, 9.17) is 9.15 Å². The molecule has 3 rings (SSSR count). The molecule has 0 bridgehead atoms. The van der Waals surface area contributed by atoms with Gasteiger partial charge in [-0.15, -0.1) is 0 Å². The van der Waals surface area contributed by atoms with Crippen LogP contribution in [0.15, 0.2) is 45.9 Å². The van der Waals surface area contributed by atoms with Crippen LogP contribution in [0.3, 0.4) is 0 Å². The second-order valence-corrected chi connectivity index (χ2v) is 6.39. The molecule has 0 saturated carbocycles. The van der Waals surface area contributed by atoms with Gasteiger partial charge in [-0.2, -0.15) is 0 Å². The van der Waals surface area contributed by atoms with E-state index in [1.807, 2.05) is 37.3 Å². The number of nitrogens with zero attached hydrogens (tertiary/aromatic N) is 2. The first-order valence-electron chi connectivity index (χ1n) is 7.91. The molecule has 1 aliphatic heterocycles. The van der Waals surface area contributed by atoms with Gasteiger partial charge in [0.2, 0.25) is 11.8 Å². The molecule has 25 heavy (non-hydrogen) atoms. The monoisotopic (exact) mass is 358 g/mol. The molecule has 0 atom stereocenters. The number of aromatic nitrogens is 1. The van der Waals surface area contributed by atoms with Crippen LogP contribution in [0.5, 0.6) is 0 Å². The maximum atomic E-state index is 12.2. The molecular weight excluding hydrogens is 340 g/mol. The maximum Gasteiger partial charge on any atom is 0.333 e. The zero-order valence-electron chi connectivity index (χ0n) is 14.0. The molecule has 2 heterocycles. The predicted octanol–water partition coefficient (Wildman–Crippen LogP) is 3.13. The molecule has 2 aromatic rings. The van der Waals surface area contributed by atoms with Gasteiger partial charge >= 0.3 is 5.97 Å². The van der Waals surface area contributed by atoms with Crippen molar-refractivity contribution in [2.45, 2.75) is 20.4 Å². The van der Waals surface area contributed by atoms with Crippen molar-refractivity contribution in [2.24, 2.45) is 0 Å². The van der Waals surface area contributed by atoms with Crippen LogP contribution in [0.4, 0.5) is 0 Å². The summed E-state index contributed by atoms with van der Waals surface area (Å²) >= 11 is 1.32. The number of oxazole rings is 1. The molecule has 1 fully saturated rings. The van der Waals surface area contributed by atoms with Gasteiger partial charge in [-0.25, -0.2) is 9.78 Å². The maximum absolute atomic E-state index is 12.2. The Morgan fingerprint density at radius 2 is 2.16 bits per heavy atom. The van der Waals surface area contributed by atoms with E-state index < -0.39 is 5.97 Å². The zero-order chi connectivity index (χ0) is 17.8. The number of ether oxygens (including phenoxy) is 1. The summed E-state index contributed by atoms with van der Waals surface area (Å²) in [6, 6.07) is 9.58. The first-order chi connectivity index (χ1) is 12.1. The number of aryl methyl sites for hydroxylation is 1. The molecular formula is C18H18N2O4S. The third-order valence-corrected chi connectivity index (χ3v) is 4.69. The number of esters is 1. The number of hydrogen-bond acceptors (Lipinski definition) is 6. The molecule has 6 nitrogen and oxygen atoms in total. The Bertz CT molecular complexity index is 814. The summed E-state index contributed by atoms with van der Waals surface area (Å²) in [4.78, 5) is 29.9. The first-order valence-corrected chi connectivity index (χ1v) is 8.90. The van der Waals surface area contributed by atoms with Gasteiger partial charge < -0.3 is 9.15 Å². The Labute approximate surface area is 149 Å². The number of hydrogen-bond donors (Lipinski definition) is 0. The van der Waals surface area contributed by atoms with Crippen molar-refractivity contribution < 1.29 is 18.7 Å². The SMILES string of the molecule is CCOC(=O)C=C1SCC(=O)N1Cc1nc(-c2ccccc2)oc1C. The third-order valence-electron chi connectivity index (χ3n) is 3.66. The lowest BCUT2D eigenvalue weighted by Gasteiger charge is -2.15. The van der Waals surface area contributed by atoms with E-state index in [1.165, 1.54) is 17.8 Å². The van der Waals surface area contributed by atoms with Crippen molar-refractivity contribution in [3.05, 3.63) is 52.9 Å². The van der Waals surface area contributed by atoms with Crippen molar-refractivity contribution in [1.82, 2.24) is 9.88 Å². The van der Waals surface area contributed by atoms with E-state index in [0.717, 1.165) is 5.56 Å². The van der Waals surface area contributed by atoms with Crippen molar-refractivity contribution in [3.63, 3.8) is 0 Å². The molecule has 1 aliphatic rings. The van der Waals surface area contributed by atoms with Crippen molar-refractivity contribution in [3.8, 4) is 11.5 Å². The van der Waals surface area contributed by atoms with Gasteiger partial charge in [0.05, 0.1) is 30.0 Å². The summed E-state index contributed by atoms with van der Waals surface area (Å²) in [7, 11) is 0. The minimum atomic E-state index is -0.452.